The second-order valence-corrected chi connectivity index (χ2v) is 8.43. The van der Waals surface area contributed by atoms with Gasteiger partial charge in [-0.3, -0.25) is 19.5 Å². The molecule has 1 saturated heterocycles. The Morgan fingerprint density at radius 1 is 1.00 bits per heavy atom. The van der Waals surface area contributed by atoms with E-state index < -0.39 is 12.2 Å². The number of anilines is 1. The standard InChI is InChI=1S/C24H24N4O3/c29-22-20-16-8-9-17(11-10-16)21(20)23(30)28(22)19(13-15-5-2-1-3-6-15)27-24(31)26-18-7-4-12-25-14-18/h1-9,12,14,16-17,19-21H,10-11,13H2,(H2,26,27,31)/t16-,17-,19-,20+,21+/m0/s1. The minimum absolute atomic E-state index is 0.109. The number of amides is 4. The van der Waals surface area contributed by atoms with Crippen LogP contribution in [-0.2, 0) is 16.0 Å². The molecule has 31 heavy (non-hydrogen) atoms. The molecule has 4 amide bonds. The number of allylic oxidation sites excluding steroid dienone is 2. The number of likely N-dealkylation sites (tertiary alicyclic amines) is 1. The highest BCUT2D eigenvalue weighted by Crippen LogP contribution is 2.49. The van der Waals surface area contributed by atoms with Crippen LogP contribution in [-0.4, -0.2) is 33.9 Å². The van der Waals surface area contributed by atoms with Crippen molar-refractivity contribution in [2.24, 2.45) is 23.7 Å². The molecule has 5 atom stereocenters. The van der Waals surface area contributed by atoms with Gasteiger partial charge in [-0.1, -0.05) is 42.5 Å². The lowest BCUT2D eigenvalue weighted by Gasteiger charge is -2.38. The van der Waals surface area contributed by atoms with Crippen LogP contribution in [0.25, 0.3) is 0 Å². The van der Waals surface area contributed by atoms with E-state index in [9.17, 15) is 14.4 Å². The summed E-state index contributed by atoms with van der Waals surface area (Å²) in [5, 5.41) is 5.59. The molecular weight excluding hydrogens is 392 g/mol. The highest BCUT2D eigenvalue weighted by molar-refractivity contribution is 6.06. The first-order chi connectivity index (χ1) is 15.1. The lowest BCUT2D eigenvalue weighted by molar-refractivity contribution is -0.143. The first-order valence-electron chi connectivity index (χ1n) is 10.7. The Kier molecular flexibility index (Phi) is 5.02. The molecule has 6 rings (SSSR count). The minimum Gasteiger partial charge on any atom is -0.317 e. The molecule has 1 saturated carbocycles. The molecule has 2 aromatic rings. The van der Waals surface area contributed by atoms with Crippen LogP contribution in [0.1, 0.15) is 18.4 Å². The summed E-state index contributed by atoms with van der Waals surface area (Å²) in [7, 11) is 0. The molecule has 2 bridgehead atoms. The first-order valence-corrected chi connectivity index (χ1v) is 10.7. The average molecular weight is 416 g/mol. The number of nitrogens with one attached hydrogen (secondary N) is 2. The van der Waals surface area contributed by atoms with Crippen LogP contribution >= 0.6 is 0 Å². The van der Waals surface area contributed by atoms with Gasteiger partial charge in [-0.05, 0) is 42.4 Å². The summed E-state index contributed by atoms with van der Waals surface area (Å²) in [5.74, 6) is -0.736. The van der Waals surface area contributed by atoms with Crippen molar-refractivity contribution >= 4 is 23.5 Å². The number of nitrogens with zero attached hydrogens (tertiary/aromatic N) is 2. The van der Waals surface area contributed by atoms with E-state index in [-0.39, 0.29) is 35.5 Å². The van der Waals surface area contributed by atoms with E-state index in [1.54, 1.807) is 18.3 Å². The fourth-order valence-electron chi connectivity index (χ4n) is 5.20. The molecule has 1 aromatic carbocycles. The summed E-state index contributed by atoms with van der Waals surface area (Å²) in [6.45, 7) is 0. The van der Waals surface area contributed by atoms with Crippen LogP contribution in [0, 0.1) is 23.7 Å². The molecule has 7 nitrogen and oxygen atoms in total. The van der Waals surface area contributed by atoms with Crippen LogP contribution in [0.4, 0.5) is 10.5 Å². The number of carbonyl (C=O) groups excluding carboxylic acids is 3. The van der Waals surface area contributed by atoms with E-state index >= 15 is 0 Å². The monoisotopic (exact) mass is 416 g/mol. The zero-order valence-corrected chi connectivity index (χ0v) is 17.0. The van der Waals surface area contributed by atoms with Crippen LogP contribution in [0.2, 0.25) is 0 Å². The molecule has 2 N–H and O–H groups in total. The van der Waals surface area contributed by atoms with Crippen molar-refractivity contribution in [2.45, 2.75) is 25.4 Å². The normalized spacial score (nSPS) is 27.2. The number of pyridine rings is 1. The van der Waals surface area contributed by atoms with Gasteiger partial charge in [-0.25, -0.2) is 4.79 Å². The van der Waals surface area contributed by atoms with E-state index in [4.69, 9.17) is 0 Å². The predicted octanol–water partition coefficient (Wildman–Crippen LogP) is 2.97. The minimum atomic E-state index is -0.760. The summed E-state index contributed by atoms with van der Waals surface area (Å²) in [4.78, 5) is 44.8. The topological polar surface area (TPSA) is 91.4 Å². The third-order valence-electron chi connectivity index (χ3n) is 6.59. The number of rotatable bonds is 5. The predicted molar refractivity (Wildman–Crippen MR) is 115 cm³/mol. The van der Waals surface area contributed by atoms with Crippen LogP contribution < -0.4 is 10.6 Å². The number of carbonyl (C=O) groups is 3. The summed E-state index contributed by atoms with van der Waals surface area (Å²) < 4.78 is 0. The number of hydrogen-bond donors (Lipinski definition) is 2. The molecule has 3 aliphatic carbocycles. The van der Waals surface area contributed by atoms with Crippen molar-refractivity contribution in [1.29, 1.82) is 0 Å². The fraction of sp³-hybridized carbons (Fsp3) is 0.333. The summed E-state index contributed by atoms with van der Waals surface area (Å²) in [6.07, 6.45) is 8.81. The molecule has 0 radical (unpaired) electrons. The summed E-state index contributed by atoms with van der Waals surface area (Å²) >= 11 is 0. The van der Waals surface area contributed by atoms with Gasteiger partial charge in [-0.2, -0.15) is 0 Å². The fourth-order valence-corrected chi connectivity index (χ4v) is 5.20. The van der Waals surface area contributed by atoms with Crippen LogP contribution in [0.5, 0.6) is 0 Å². The van der Waals surface area contributed by atoms with E-state index in [1.807, 2.05) is 30.3 Å². The zero-order chi connectivity index (χ0) is 21.4. The number of aromatic nitrogens is 1. The van der Waals surface area contributed by atoms with E-state index in [1.165, 1.54) is 11.1 Å². The first kappa shape index (κ1) is 19.5. The van der Waals surface area contributed by atoms with Gasteiger partial charge >= 0.3 is 6.03 Å². The maximum absolute atomic E-state index is 13.4. The van der Waals surface area contributed by atoms with Gasteiger partial charge in [0.15, 0.2) is 0 Å². The molecule has 0 unspecified atom stereocenters. The van der Waals surface area contributed by atoms with E-state index in [0.29, 0.717) is 12.1 Å². The van der Waals surface area contributed by atoms with E-state index in [0.717, 1.165) is 18.4 Å². The SMILES string of the molecule is O=C(Nc1cccnc1)N[C@H](Cc1ccccc1)N1C(=O)[C@H]2[C@H](C1=O)[C@H]1C=C[C@H]2CC1. The van der Waals surface area contributed by atoms with Crippen molar-refractivity contribution < 1.29 is 14.4 Å². The van der Waals surface area contributed by atoms with Gasteiger partial charge in [0, 0.05) is 12.6 Å². The Morgan fingerprint density at radius 3 is 2.26 bits per heavy atom. The molecular formula is C24H24N4O3. The third kappa shape index (κ3) is 3.60. The lowest BCUT2D eigenvalue weighted by Crippen LogP contribution is -2.53. The molecule has 0 spiro atoms. The molecule has 2 fully saturated rings. The smallest absolute Gasteiger partial charge is 0.317 e. The Balaban J connectivity index is 1.41. The van der Waals surface area contributed by atoms with Gasteiger partial charge in [0.1, 0.15) is 6.17 Å². The zero-order valence-electron chi connectivity index (χ0n) is 17.0. The summed E-state index contributed by atoms with van der Waals surface area (Å²) in [5.41, 5.74) is 1.47. The van der Waals surface area contributed by atoms with Gasteiger partial charge in [-0.15, -0.1) is 0 Å². The summed E-state index contributed by atoms with van der Waals surface area (Å²) in [6, 6.07) is 12.5. The van der Waals surface area contributed by atoms with Crippen LogP contribution in [0.3, 0.4) is 0 Å². The van der Waals surface area contributed by atoms with Crippen molar-refractivity contribution in [3.63, 3.8) is 0 Å². The molecule has 7 heteroatoms. The van der Waals surface area contributed by atoms with Crippen molar-refractivity contribution in [3.8, 4) is 0 Å². The number of urea groups is 1. The molecule has 1 aliphatic heterocycles. The van der Waals surface area contributed by atoms with Gasteiger partial charge < -0.3 is 10.6 Å². The highest BCUT2D eigenvalue weighted by Gasteiger charge is 2.58. The highest BCUT2D eigenvalue weighted by atomic mass is 16.2. The number of hydrogen-bond acceptors (Lipinski definition) is 4. The van der Waals surface area contributed by atoms with Crippen LogP contribution in [0.15, 0.2) is 67.0 Å². The van der Waals surface area contributed by atoms with E-state index in [2.05, 4.69) is 27.8 Å². The molecule has 4 aliphatic rings. The molecule has 1 aromatic heterocycles. The van der Waals surface area contributed by atoms with Gasteiger partial charge in [0.25, 0.3) is 0 Å². The van der Waals surface area contributed by atoms with Gasteiger partial charge in [0.05, 0.1) is 23.7 Å². The average Bonchev–Trinajstić information content (AvgIpc) is 3.08. The number of imide groups is 1. The maximum atomic E-state index is 13.4. The van der Waals surface area contributed by atoms with Crippen molar-refractivity contribution in [2.75, 3.05) is 5.32 Å². The second kappa shape index (κ2) is 7.98. The second-order valence-electron chi connectivity index (χ2n) is 8.43. The van der Waals surface area contributed by atoms with Crippen molar-refractivity contribution in [3.05, 3.63) is 72.6 Å². The Hall–Kier alpha value is -3.48. The Bertz CT molecular complexity index is 992. The largest absolute Gasteiger partial charge is 0.320 e. The molecule has 2 heterocycles. The Morgan fingerprint density at radius 2 is 1.68 bits per heavy atom. The lowest BCUT2D eigenvalue weighted by atomic mass is 9.63. The van der Waals surface area contributed by atoms with Crippen molar-refractivity contribution in [1.82, 2.24) is 15.2 Å². The maximum Gasteiger partial charge on any atom is 0.320 e. The van der Waals surface area contributed by atoms with Gasteiger partial charge in [0.2, 0.25) is 11.8 Å². The quantitative estimate of drug-likeness (QED) is 0.579. The number of fused-ring (bicyclic) bond motifs is 1. The third-order valence-corrected chi connectivity index (χ3v) is 6.59. The Labute approximate surface area is 180 Å². The molecule has 158 valence electrons. The number of benzene rings is 1.